The fourth-order valence-corrected chi connectivity index (χ4v) is 1.70. The predicted molar refractivity (Wildman–Crippen MR) is 66.3 cm³/mol. The Balaban J connectivity index is 3.27. The highest BCUT2D eigenvalue weighted by Gasteiger charge is 2.26. The second kappa shape index (κ2) is 6.38. The molecule has 8 heteroatoms. The standard InChI is InChI=1S/C12H14F2N2O4/c1-7(2)15(3-4-17)12(18)8-5-11(16(19)20)10(14)6-9(8)13/h5-7,17H,3-4H2,1-2H3. The maximum atomic E-state index is 13.6. The van der Waals surface area contributed by atoms with Gasteiger partial charge in [-0.3, -0.25) is 14.9 Å². The molecule has 0 radical (unpaired) electrons. The maximum Gasteiger partial charge on any atom is 0.305 e. The number of benzene rings is 1. The molecule has 110 valence electrons. The minimum atomic E-state index is -1.35. The van der Waals surface area contributed by atoms with Crippen molar-refractivity contribution in [2.75, 3.05) is 13.2 Å². The van der Waals surface area contributed by atoms with Crippen molar-refractivity contribution in [1.29, 1.82) is 0 Å². The number of rotatable bonds is 5. The van der Waals surface area contributed by atoms with Gasteiger partial charge in [0.25, 0.3) is 5.91 Å². The number of amides is 1. The topological polar surface area (TPSA) is 83.7 Å². The molecule has 1 aromatic rings. The molecule has 0 fully saturated rings. The van der Waals surface area contributed by atoms with Crippen LogP contribution in [0.1, 0.15) is 24.2 Å². The second-order valence-electron chi connectivity index (χ2n) is 4.36. The van der Waals surface area contributed by atoms with Crippen molar-refractivity contribution in [2.24, 2.45) is 0 Å². The number of aliphatic hydroxyl groups excluding tert-OH is 1. The Hall–Kier alpha value is -2.09. The van der Waals surface area contributed by atoms with Crippen LogP contribution in [0.15, 0.2) is 12.1 Å². The molecule has 0 saturated carbocycles. The fraction of sp³-hybridized carbons (Fsp3) is 0.417. The lowest BCUT2D eigenvalue weighted by atomic mass is 10.1. The number of aliphatic hydroxyl groups is 1. The largest absolute Gasteiger partial charge is 0.395 e. The molecule has 0 bridgehead atoms. The monoisotopic (exact) mass is 288 g/mol. The first-order chi connectivity index (χ1) is 9.29. The zero-order valence-corrected chi connectivity index (χ0v) is 11.0. The molecular weight excluding hydrogens is 274 g/mol. The van der Waals surface area contributed by atoms with Gasteiger partial charge in [0.05, 0.1) is 17.1 Å². The summed E-state index contributed by atoms with van der Waals surface area (Å²) in [5, 5.41) is 19.5. The van der Waals surface area contributed by atoms with Crippen molar-refractivity contribution in [3.8, 4) is 0 Å². The van der Waals surface area contributed by atoms with Gasteiger partial charge < -0.3 is 10.0 Å². The van der Waals surface area contributed by atoms with E-state index in [0.717, 1.165) is 4.90 Å². The van der Waals surface area contributed by atoms with Gasteiger partial charge in [0.1, 0.15) is 5.82 Å². The molecule has 1 N–H and O–H groups in total. The minimum absolute atomic E-state index is 0.0545. The summed E-state index contributed by atoms with van der Waals surface area (Å²) < 4.78 is 26.8. The van der Waals surface area contributed by atoms with Crippen molar-refractivity contribution >= 4 is 11.6 Å². The van der Waals surface area contributed by atoms with Gasteiger partial charge in [0.15, 0.2) is 0 Å². The Kier molecular flexibility index (Phi) is 5.09. The third-order valence-corrected chi connectivity index (χ3v) is 2.69. The van der Waals surface area contributed by atoms with Crippen LogP contribution in [0.25, 0.3) is 0 Å². The molecule has 0 aliphatic heterocycles. The number of nitro benzene ring substituents is 1. The van der Waals surface area contributed by atoms with Gasteiger partial charge in [-0.1, -0.05) is 0 Å². The van der Waals surface area contributed by atoms with Crippen LogP contribution in [0, 0.1) is 21.7 Å². The second-order valence-corrected chi connectivity index (χ2v) is 4.36. The van der Waals surface area contributed by atoms with E-state index in [-0.39, 0.29) is 19.2 Å². The summed E-state index contributed by atoms with van der Waals surface area (Å²) in [6, 6.07) is 0.529. The van der Waals surface area contributed by atoms with Crippen LogP contribution in [0.5, 0.6) is 0 Å². The minimum Gasteiger partial charge on any atom is -0.395 e. The van der Waals surface area contributed by atoms with E-state index in [1.165, 1.54) is 0 Å². The molecule has 20 heavy (non-hydrogen) atoms. The number of carbonyl (C=O) groups is 1. The first-order valence-corrected chi connectivity index (χ1v) is 5.84. The molecule has 0 spiro atoms. The maximum absolute atomic E-state index is 13.6. The molecule has 1 aromatic carbocycles. The zero-order chi connectivity index (χ0) is 15.4. The van der Waals surface area contributed by atoms with E-state index in [1.54, 1.807) is 13.8 Å². The number of halogens is 2. The highest BCUT2D eigenvalue weighted by atomic mass is 19.1. The Morgan fingerprint density at radius 2 is 2.00 bits per heavy atom. The molecular formula is C12H14F2N2O4. The molecule has 0 saturated heterocycles. The lowest BCUT2D eigenvalue weighted by Crippen LogP contribution is -2.39. The summed E-state index contributed by atoms with van der Waals surface area (Å²) in [5.41, 5.74) is -1.57. The lowest BCUT2D eigenvalue weighted by Gasteiger charge is -2.26. The number of hydrogen-bond acceptors (Lipinski definition) is 4. The molecule has 1 rings (SSSR count). The number of nitrogens with zero attached hydrogens (tertiary/aromatic N) is 2. The van der Waals surface area contributed by atoms with E-state index >= 15 is 0 Å². The normalized spacial score (nSPS) is 10.7. The van der Waals surface area contributed by atoms with Gasteiger partial charge in [0, 0.05) is 24.7 Å². The van der Waals surface area contributed by atoms with Gasteiger partial charge in [-0.15, -0.1) is 0 Å². The summed E-state index contributed by atoms with van der Waals surface area (Å²) in [7, 11) is 0. The van der Waals surface area contributed by atoms with E-state index in [4.69, 9.17) is 5.11 Å². The smallest absolute Gasteiger partial charge is 0.305 e. The van der Waals surface area contributed by atoms with E-state index in [9.17, 15) is 23.7 Å². The first-order valence-electron chi connectivity index (χ1n) is 5.84. The van der Waals surface area contributed by atoms with Crippen LogP contribution in [-0.4, -0.2) is 40.0 Å². The first kappa shape index (κ1) is 16.0. The van der Waals surface area contributed by atoms with Crippen LogP contribution < -0.4 is 0 Å². The van der Waals surface area contributed by atoms with E-state index < -0.39 is 33.7 Å². The highest BCUT2D eigenvalue weighted by molar-refractivity contribution is 5.95. The number of carbonyl (C=O) groups excluding carboxylic acids is 1. The van der Waals surface area contributed by atoms with Gasteiger partial charge in [-0.25, -0.2) is 4.39 Å². The van der Waals surface area contributed by atoms with Crippen LogP contribution in [0.4, 0.5) is 14.5 Å². The molecule has 6 nitrogen and oxygen atoms in total. The Morgan fingerprint density at radius 3 is 2.45 bits per heavy atom. The average Bonchev–Trinajstić information content (AvgIpc) is 2.34. The molecule has 0 aliphatic rings. The van der Waals surface area contributed by atoms with E-state index in [0.29, 0.717) is 12.1 Å². The Bertz CT molecular complexity index is 534. The summed E-state index contributed by atoms with van der Waals surface area (Å²) in [4.78, 5) is 22.8. The molecule has 0 unspecified atom stereocenters. The van der Waals surface area contributed by atoms with Crippen molar-refractivity contribution < 1.29 is 23.6 Å². The Morgan fingerprint density at radius 1 is 1.40 bits per heavy atom. The van der Waals surface area contributed by atoms with Crippen LogP contribution in [0.2, 0.25) is 0 Å². The van der Waals surface area contributed by atoms with Crippen LogP contribution in [-0.2, 0) is 0 Å². The van der Waals surface area contributed by atoms with Gasteiger partial charge >= 0.3 is 5.69 Å². The third kappa shape index (κ3) is 3.27. The lowest BCUT2D eigenvalue weighted by molar-refractivity contribution is -0.387. The molecule has 0 atom stereocenters. The summed E-state index contributed by atoms with van der Waals surface area (Å²) in [6.45, 7) is 2.89. The highest BCUT2D eigenvalue weighted by Crippen LogP contribution is 2.23. The zero-order valence-electron chi connectivity index (χ0n) is 11.0. The molecule has 0 heterocycles. The molecule has 0 aliphatic carbocycles. The number of nitro groups is 1. The summed E-state index contributed by atoms with van der Waals surface area (Å²) in [5.74, 6) is -3.36. The third-order valence-electron chi connectivity index (χ3n) is 2.69. The fourth-order valence-electron chi connectivity index (χ4n) is 1.70. The number of hydrogen-bond donors (Lipinski definition) is 1. The SMILES string of the molecule is CC(C)N(CCO)C(=O)c1cc([N+](=O)[O-])c(F)cc1F. The molecule has 0 aromatic heterocycles. The van der Waals surface area contributed by atoms with E-state index in [1.807, 2.05) is 0 Å². The van der Waals surface area contributed by atoms with Gasteiger partial charge in [-0.2, -0.15) is 4.39 Å². The molecule has 1 amide bonds. The van der Waals surface area contributed by atoms with Crippen molar-refractivity contribution in [3.05, 3.63) is 39.4 Å². The van der Waals surface area contributed by atoms with Gasteiger partial charge in [-0.05, 0) is 13.8 Å². The Labute approximate surface area is 113 Å². The van der Waals surface area contributed by atoms with Crippen LogP contribution >= 0.6 is 0 Å². The predicted octanol–water partition coefficient (Wildman–Crippen LogP) is 1.72. The summed E-state index contributed by atoms with van der Waals surface area (Å²) >= 11 is 0. The van der Waals surface area contributed by atoms with Crippen LogP contribution in [0.3, 0.4) is 0 Å². The van der Waals surface area contributed by atoms with Crippen molar-refractivity contribution in [2.45, 2.75) is 19.9 Å². The van der Waals surface area contributed by atoms with Crippen molar-refractivity contribution in [3.63, 3.8) is 0 Å². The van der Waals surface area contributed by atoms with E-state index in [2.05, 4.69) is 0 Å². The summed E-state index contributed by atoms with van der Waals surface area (Å²) in [6.07, 6.45) is 0. The van der Waals surface area contributed by atoms with Crippen molar-refractivity contribution in [1.82, 2.24) is 4.90 Å². The quantitative estimate of drug-likeness (QED) is 0.660. The average molecular weight is 288 g/mol. The van der Waals surface area contributed by atoms with Gasteiger partial charge in [0.2, 0.25) is 5.82 Å².